The summed E-state index contributed by atoms with van der Waals surface area (Å²) >= 11 is 0. The molecule has 2 heterocycles. The first-order chi connectivity index (χ1) is 14.0. The zero-order valence-electron chi connectivity index (χ0n) is 18.6. The fraction of sp³-hybridized carbons (Fsp3) is 0.652. The minimum atomic E-state index is 0.137. The van der Waals surface area contributed by atoms with E-state index in [1.807, 2.05) is 17.0 Å². The second-order valence-electron chi connectivity index (χ2n) is 8.64. The van der Waals surface area contributed by atoms with Gasteiger partial charge in [-0.1, -0.05) is 12.1 Å². The third-order valence-electron chi connectivity index (χ3n) is 5.87. The largest absolute Gasteiger partial charge is 0.382 e. The molecular weight excluding hydrogens is 362 g/mol. The zero-order chi connectivity index (χ0) is 20.8. The van der Waals surface area contributed by atoms with E-state index in [1.165, 1.54) is 0 Å². The molecule has 0 atom stereocenters. The summed E-state index contributed by atoms with van der Waals surface area (Å²) in [5, 5.41) is 3.53. The number of likely N-dealkylation sites (N-methyl/N-ethyl adjacent to an activating group) is 1. The number of hydrogen-bond acceptors (Lipinski definition) is 5. The molecule has 0 bridgehead atoms. The van der Waals surface area contributed by atoms with Gasteiger partial charge in [-0.25, -0.2) is 0 Å². The Kier molecular flexibility index (Phi) is 7.67. The summed E-state index contributed by atoms with van der Waals surface area (Å²) in [6.07, 6.45) is 2.20. The van der Waals surface area contributed by atoms with Gasteiger partial charge in [0.15, 0.2) is 0 Å². The maximum atomic E-state index is 13.1. The Bertz CT molecular complexity index is 716. The predicted octanol–water partition coefficient (Wildman–Crippen LogP) is 2.80. The van der Waals surface area contributed by atoms with Gasteiger partial charge in [0.1, 0.15) is 0 Å². The first-order valence-corrected chi connectivity index (χ1v) is 11.1. The maximum absolute atomic E-state index is 13.1. The minimum Gasteiger partial charge on any atom is -0.382 e. The molecule has 6 heteroatoms. The van der Waals surface area contributed by atoms with Crippen LogP contribution in [0.4, 0.5) is 5.69 Å². The number of piperazine rings is 1. The molecule has 0 saturated carbocycles. The van der Waals surface area contributed by atoms with Crippen molar-refractivity contribution in [2.75, 3.05) is 64.7 Å². The number of likely N-dealkylation sites (tertiary alicyclic amines) is 1. The van der Waals surface area contributed by atoms with Crippen LogP contribution in [0.2, 0.25) is 0 Å². The Hall–Kier alpha value is -1.92. The van der Waals surface area contributed by atoms with Crippen molar-refractivity contribution in [1.82, 2.24) is 14.7 Å². The highest BCUT2D eigenvalue weighted by Gasteiger charge is 2.24. The van der Waals surface area contributed by atoms with E-state index in [4.69, 9.17) is 4.99 Å². The summed E-state index contributed by atoms with van der Waals surface area (Å²) < 4.78 is 0. The van der Waals surface area contributed by atoms with E-state index in [0.717, 1.165) is 87.7 Å². The average molecular weight is 400 g/mol. The number of carbonyl (C=O) groups is 1. The van der Waals surface area contributed by atoms with Crippen LogP contribution in [0.15, 0.2) is 23.2 Å². The summed E-state index contributed by atoms with van der Waals surface area (Å²) in [6, 6.07) is 6.27. The Morgan fingerprint density at radius 2 is 1.72 bits per heavy atom. The number of benzene rings is 1. The Morgan fingerprint density at radius 3 is 2.38 bits per heavy atom. The van der Waals surface area contributed by atoms with Gasteiger partial charge in [0.25, 0.3) is 5.91 Å². The van der Waals surface area contributed by atoms with Gasteiger partial charge in [0.05, 0.1) is 17.8 Å². The number of aliphatic imine (C=N–C) groups is 1. The van der Waals surface area contributed by atoms with Crippen LogP contribution in [0.1, 0.15) is 49.5 Å². The third kappa shape index (κ3) is 5.80. The SMILES string of the molecule is CC(=NCCN1CCN(C)CC1)c1cccc(C(=O)N2CCCC2)c1NC(C)C. The molecule has 2 aliphatic rings. The van der Waals surface area contributed by atoms with E-state index in [1.54, 1.807) is 0 Å². The molecule has 1 aromatic carbocycles. The number of nitrogens with zero attached hydrogens (tertiary/aromatic N) is 4. The molecule has 0 spiro atoms. The van der Waals surface area contributed by atoms with Crippen LogP contribution in [0.3, 0.4) is 0 Å². The molecule has 0 aliphatic carbocycles. The van der Waals surface area contributed by atoms with Gasteiger partial charge in [-0.15, -0.1) is 0 Å². The van der Waals surface area contributed by atoms with Crippen LogP contribution in [0.5, 0.6) is 0 Å². The van der Waals surface area contributed by atoms with E-state index in [-0.39, 0.29) is 11.9 Å². The average Bonchev–Trinajstić information content (AvgIpc) is 3.23. The molecule has 0 unspecified atom stereocenters. The van der Waals surface area contributed by atoms with Crippen LogP contribution < -0.4 is 5.32 Å². The molecule has 3 rings (SSSR count). The molecule has 6 nitrogen and oxygen atoms in total. The zero-order valence-corrected chi connectivity index (χ0v) is 18.6. The molecular formula is C23H37N5O. The van der Waals surface area contributed by atoms with Gasteiger partial charge >= 0.3 is 0 Å². The van der Waals surface area contributed by atoms with Crippen molar-refractivity contribution in [3.05, 3.63) is 29.3 Å². The molecule has 1 amide bonds. The van der Waals surface area contributed by atoms with Gasteiger partial charge < -0.3 is 15.1 Å². The van der Waals surface area contributed by atoms with Gasteiger partial charge in [0.2, 0.25) is 0 Å². The maximum Gasteiger partial charge on any atom is 0.255 e. The van der Waals surface area contributed by atoms with Crippen LogP contribution in [0, 0.1) is 0 Å². The number of anilines is 1. The fourth-order valence-corrected chi connectivity index (χ4v) is 4.08. The monoisotopic (exact) mass is 399 g/mol. The lowest BCUT2D eigenvalue weighted by molar-refractivity contribution is 0.0793. The van der Waals surface area contributed by atoms with Crippen LogP contribution >= 0.6 is 0 Å². The first-order valence-electron chi connectivity index (χ1n) is 11.1. The second-order valence-corrected chi connectivity index (χ2v) is 8.64. The third-order valence-corrected chi connectivity index (χ3v) is 5.87. The van der Waals surface area contributed by atoms with Gasteiger partial charge in [-0.3, -0.25) is 14.7 Å². The fourth-order valence-electron chi connectivity index (χ4n) is 4.08. The number of rotatable bonds is 7. The quantitative estimate of drug-likeness (QED) is 0.717. The highest BCUT2D eigenvalue weighted by Crippen LogP contribution is 2.26. The topological polar surface area (TPSA) is 51.2 Å². The van der Waals surface area contributed by atoms with E-state index in [0.29, 0.717) is 0 Å². The Balaban J connectivity index is 1.75. The number of para-hydroxylation sites is 1. The molecule has 1 aromatic rings. The number of carbonyl (C=O) groups excluding carboxylic acids is 1. The van der Waals surface area contributed by atoms with E-state index in [2.05, 4.69) is 49.0 Å². The van der Waals surface area contributed by atoms with Crippen molar-refractivity contribution >= 4 is 17.3 Å². The lowest BCUT2D eigenvalue weighted by atomic mass is 10.0. The number of hydrogen-bond donors (Lipinski definition) is 1. The summed E-state index contributed by atoms with van der Waals surface area (Å²) in [7, 11) is 2.18. The van der Waals surface area contributed by atoms with Crippen LogP contribution in [-0.4, -0.2) is 91.8 Å². The molecule has 2 saturated heterocycles. The highest BCUT2D eigenvalue weighted by molar-refractivity contribution is 6.09. The molecule has 1 N–H and O–H groups in total. The second kappa shape index (κ2) is 10.2. The van der Waals surface area contributed by atoms with Crippen LogP contribution in [-0.2, 0) is 0 Å². The Labute approximate surface area is 176 Å². The van der Waals surface area contributed by atoms with Crippen LogP contribution in [0.25, 0.3) is 0 Å². The van der Waals surface area contributed by atoms with Gasteiger partial charge in [-0.05, 0) is 46.7 Å². The van der Waals surface area contributed by atoms with E-state index >= 15 is 0 Å². The van der Waals surface area contributed by atoms with Gasteiger partial charge in [-0.2, -0.15) is 0 Å². The lowest BCUT2D eigenvalue weighted by Crippen LogP contribution is -2.45. The number of nitrogens with one attached hydrogen (secondary N) is 1. The van der Waals surface area contributed by atoms with E-state index < -0.39 is 0 Å². The van der Waals surface area contributed by atoms with Crippen molar-refractivity contribution in [3.8, 4) is 0 Å². The molecule has 160 valence electrons. The molecule has 0 radical (unpaired) electrons. The summed E-state index contributed by atoms with van der Waals surface area (Å²) in [5.74, 6) is 0.137. The summed E-state index contributed by atoms with van der Waals surface area (Å²) in [4.78, 5) is 24.8. The number of amides is 1. The van der Waals surface area contributed by atoms with Crippen molar-refractivity contribution in [1.29, 1.82) is 0 Å². The molecule has 2 aliphatic heterocycles. The first kappa shape index (κ1) is 21.8. The van der Waals surface area contributed by atoms with E-state index in [9.17, 15) is 4.79 Å². The predicted molar refractivity (Wildman–Crippen MR) is 121 cm³/mol. The van der Waals surface area contributed by atoms with Crippen molar-refractivity contribution in [2.24, 2.45) is 4.99 Å². The molecule has 29 heavy (non-hydrogen) atoms. The van der Waals surface area contributed by atoms with Crippen molar-refractivity contribution in [2.45, 2.75) is 39.7 Å². The molecule has 2 fully saturated rings. The highest BCUT2D eigenvalue weighted by atomic mass is 16.2. The summed E-state index contributed by atoms with van der Waals surface area (Å²) in [5.41, 5.74) is 3.74. The Morgan fingerprint density at radius 1 is 1.07 bits per heavy atom. The summed E-state index contributed by atoms with van der Waals surface area (Å²) in [6.45, 7) is 14.3. The van der Waals surface area contributed by atoms with Gasteiger partial charge in [0, 0.05) is 63.1 Å². The van der Waals surface area contributed by atoms with Crippen molar-refractivity contribution < 1.29 is 4.79 Å². The smallest absolute Gasteiger partial charge is 0.255 e. The normalized spacial score (nSPS) is 19.2. The standard InChI is InChI=1S/C23H37N5O/c1-18(2)25-22-20(8-7-9-21(22)23(29)28-11-5-6-12-28)19(3)24-10-13-27-16-14-26(4)15-17-27/h7-9,18,25H,5-6,10-17H2,1-4H3. The van der Waals surface area contributed by atoms with Crippen molar-refractivity contribution in [3.63, 3.8) is 0 Å². The minimum absolute atomic E-state index is 0.137. The molecule has 0 aromatic heterocycles. The lowest BCUT2D eigenvalue weighted by Gasteiger charge is -2.31.